The van der Waals surface area contributed by atoms with Crippen LogP contribution in [-0.2, 0) is 16.3 Å². The molecule has 1 aliphatic heterocycles. The molecular formula is C19H32ClIN4O2S. The molecule has 0 aromatic heterocycles. The highest BCUT2D eigenvalue weighted by Gasteiger charge is 2.21. The summed E-state index contributed by atoms with van der Waals surface area (Å²) in [6, 6.07) is 7.97. The number of guanidine groups is 1. The first-order valence-electron chi connectivity index (χ1n) is 9.31. The lowest BCUT2D eigenvalue weighted by Gasteiger charge is -2.28. The second-order valence-corrected chi connectivity index (χ2v) is 10.6. The van der Waals surface area contributed by atoms with Crippen LogP contribution in [0.1, 0.15) is 19.4 Å². The van der Waals surface area contributed by atoms with Crippen LogP contribution in [0, 0.1) is 5.41 Å². The summed E-state index contributed by atoms with van der Waals surface area (Å²) in [7, 11) is -1.06. The van der Waals surface area contributed by atoms with Gasteiger partial charge in [-0.3, -0.25) is 9.89 Å². The third-order valence-corrected chi connectivity index (χ3v) is 6.53. The van der Waals surface area contributed by atoms with Crippen molar-refractivity contribution in [2.24, 2.45) is 10.4 Å². The van der Waals surface area contributed by atoms with Crippen LogP contribution in [0.5, 0.6) is 0 Å². The van der Waals surface area contributed by atoms with Crippen LogP contribution in [0.4, 0.5) is 0 Å². The highest BCUT2D eigenvalue weighted by Crippen LogP contribution is 2.22. The van der Waals surface area contributed by atoms with Crippen molar-refractivity contribution in [1.82, 2.24) is 15.5 Å². The van der Waals surface area contributed by atoms with Crippen LogP contribution in [0.25, 0.3) is 0 Å². The molecule has 0 bridgehead atoms. The Bertz CT molecular complexity index is 742. The number of aliphatic imine (C=N–C) groups is 1. The van der Waals surface area contributed by atoms with E-state index in [-0.39, 0.29) is 40.9 Å². The molecule has 0 atom stereocenters. The van der Waals surface area contributed by atoms with Gasteiger partial charge in [-0.05, 0) is 29.5 Å². The normalized spacial score (nSPS) is 17.6. The standard InChI is InChI=1S/C19H31ClN4O2S.HI/c1-19(2,14-16-5-4-6-17(20)13-16)15-23-18(21-3)22-7-8-24-9-11-27(25,26)12-10-24;/h4-6,13H,7-12,14-15H2,1-3H3,(H2,21,22,23);1H. The van der Waals surface area contributed by atoms with E-state index in [0.29, 0.717) is 13.1 Å². The Labute approximate surface area is 191 Å². The Balaban J connectivity index is 0.00000392. The van der Waals surface area contributed by atoms with Crippen LogP contribution >= 0.6 is 35.6 Å². The summed E-state index contributed by atoms with van der Waals surface area (Å²) in [5.41, 5.74) is 1.26. The number of benzene rings is 1. The van der Waals surface area contributed by atoms with Gasteiger partial charge in [-0.25, -0.2) is 8.42 Å². The minimum atomic E-state index is -2.82. The van der Waals surface area contributed by atoms with Crippen LogP contribution in [0.2, 0.25) is 5.02 Å². The number of hydrogen-bond acceptors (Lipinski definition) is 4. The Hall–Kier alpha value is -0.580. The second kappa shape index (κ2) is 11.6. The van der Waals surface area contributed by atoms with Crippen molar-refractivity contribution in [2.75, 3.05) is 51.3 Å². The molecule has 1 aliphatic rings. The van der Waals surface area contributed by atoms with E-state index >= 15 is 0 Å². The molecule has 0 aliphatic carbocycles. The molecule has 1 heterocycles. The van der Waals surface area contributed by atoms with Crippen molar-refractivity contribution in [3.8, 4) is 0 Å². The van der Waals surface area contributed by atoms with Crippen LogP contribution in [-0.4, -0.2) is 70.6 Å². The van der Waals surface area contributed by atoms with Crippen molar-refractivity contribution < 1.29 is 8.42 Å². The number of nitrogens with zero attached hydrogens (tertiary/aromatic N) is 2. The predicted octanol–water partition coefficient (Wildman–Crippen LogP) is 2.42. The highest BCUT2D eigenvalue weighted by molar-refractivity contribution is 14.0. The minimum Gasteiger partial charge on any atom is -0.356 e. The molecule has 6 nitrogen and oxygen atoms in total. The van der Waals surface area contributed by atoms with E-state index in [1.807, 2.05) is 18.2 Å². The molecule has 1 aromatic carbocycles. The fourth-order valence-electron chi connectivity index (χ4n) is 3.11. The molecule has 1 fully saturated rings. The van der Waals surface area contributed by atoms with Crippen molar-refractivity contribution >= 4 is 51.4 Å². The maximum atomic E-state index is 11.5. The molecule has 1 saturated heterocycles. The molecule has 0 radical (unpaired) electrons. The van der Waals surface area contributed by atoms with E-state index in [2.05, 4.69) is 40.4 Å². The number of rotatable bonds is 7. The zero-order valence-electron chi connectivity index (χ0n) is 16.9. The smallest absolute Gasteiger partial charge is 0.191 e. The van der Waals surface area contributed by atoms with Crippen molar-refractivity contribution in [3.63, 3.8) is 0 Å². The fraction of sp³-hybridized carbons (Fsp3) is 0.632. The van der Waals surface area contributed by atoms with Crippen LogP contribution < -0.4 is 10.6 Å². The van der Waals surface area contributed by atoms with E-state index in [1.165, 1.54) is 5.56 Å². The summed E-state index contributed by atoms with van der Waals surface area (Å²) >= 11 is 6.08. The van der Waals surface area contributed by atoms with E-state index < -0.39 is 9.84 Å². The topological polar surface area (TPSA) is 73.8 Å². The van der Waals surface area contributed by atoms with Crippen molar-refractivity contribution in [3.05, 3.63) is 34.9 Å². The summed E-state index contributed by atoms with van der Waals surface area (Å²) in [5.74, 6) is 1.29. The first-order chi connectivity index (χ1) is 12.7. The number of hydrogen-bond donors (Lipinski definition) is 2. The summed E-state index contributed by atoms with van der Waals surface area (Å²) in [6.07, 6.45) is 0.916. The van der Waals surface area contributed by atoms with Crippen LogP contribution in [0.3, 0.4) is 0 Å². The Kier molecular flexibility index (Phi) is 10.5. The van der Waals surface area contributed by atoms with E-state index in [4.69, 9.17) is 11.6 Å². The van der Waals surface area contributed by atoms with Gasteiger partial charge in [0.15, 0.2) is 15.8 Å². The summed E-state index contributed by atoms with van der Waals surface area (Å²) in [4.78, 5) is 6.45. The third-order valence-electron chi connectivity index (χ3n) is 4.69. The molecule has 0 amide bonds. The van der Waals surface area contributed by atoms with Gasteiger partial charge in [0, 0.05) is 44.8 Å². The third kappa shape index (κ3) is 9.28. The predicted molar refractivity (Wildman–Crippen MR) is 129 cm³/mol. The number of nitrogens with one attached hydrogen (secondary N) is 2. The van der Waals surface area contributed by atoms with Gasteiger partial charge in [-0.15, -0.1) is 24.0 Å². The van der Waals surface area contributed by atoms with E-state index in [9.17, 15) is 8.42 Å². The molecule has 0 saturated carbocycles. The first-order valence-corrected chi connectivity index (χ1v) is 11.5. The molecule has 2 N–H and O–H groups in total. The van der Waals surface area contributed by atoms with E-state index in [1.54, 1.807) is 7.05 Å². The van der Waals surface area contributed by atoms with E-state index in [0.717, 1.165) is 37.0 Å². The van der Waals surface area contributed by atoms with Crippen molar-refractivity contribution in [1.29, 1.82) is 0 Å². The average Bonchev–Trinajstić information content (AvgIpc) is 2.59. The van der Waals surface area contributed by atoms with Gasteiger partial charge in [0.25, 0.3) is 0 Å². The Morgan fingerprint density at radius 3 is 2.54 bits per heavy atom. The summed E-state index contributed by atoms with van der Waals surface area (Å²) < 4.78 is 22.9. The zero-order chi connectivity index (χ0) is 19.9. The summed E-state index contributed by atoms with van der Waals surface area (Å²) in [6.45, 7) is 7.97. The Morgan fingerprint density at radius 1 is 1.25 bits per heavy atom. The van der Waals surface area contributed by atoms with Gasteiger partial charge < -0.3 is 10.6 Å². The molecule has 1 aromatic rings. The maximum absolute atomic E-state index is 11.5. The number of halogens is 2. The monoisotopic (exact) mass is 542 g/mol. The maximum Gasteiger partial charge on any atom is 0.191 e. The van der Waals surface area contributed by atoms with Crippen molar-refractivity contribution in [2.45, 2.75) is 20.3 Å². The molecule has 160 valence electrons. The van der Waals surface area contributed by atoms with Gasteiger partial charge in [0.1, 0.15) is 0 Å². The zero-order valence-corrected chi connectivity index (χ0v) is 20.8. The number of sulfone groups is 1. The lowest BCUT2D eigenvalue weighted by molar-refractivity contribution is 0.299. The summed E-state index contributed by atoms with van der Waals surface area (Å²) in [5, 5.41) is 7.46. The fourth-order valence-corrected chi connectivity index (χ4v) is 4.60. The van der Waals surface area contributed by atoms with Gasteiger partial charge in [-0.1, -0.05) is 37.6 Å². The average molecular weight is 543 g/mol. The SMILES string of the molecule is CN=C(NCCN1CCS(=O)(=O)CC1)NCC(C)(C)Cc1cccc(Cl)c1.I. The quantitative estimate of drug-likeness (QED) is 0.315. The lowest BCUT2D eigenvalue weighted by atomic mass is 9.86. The molecule has 0 unspecified atom stereocenters. The van der Waals surface area contributed by atoms with Gasteiger partial charge in [-0.2, -0.15) is 0 Å². The highest BCUT2D eigenvalue weighted by atomic mass is 127. The lowest BCUT2D eigenvalue weighted by Crippen LogP contribution is -2.47. The molecule has 0 spiro atoms. The molecular weight excluding hydrogens is 511 g/mol. The van der Waals surface area contributed by atoms with Gasteiger partial charge in [0.2, 0.25) is 0 Å². The molecule has 9 heteroatoms. The minimum absolute atomic E-state index is 0. The van der Waals surface area contributed by atoms with Gasteiger partial charge in [0.05, 0.1) is 11.5 Å². The first kappa shape index (κ1) is 25.5. The van der Waals surface area contributed by atoms with Crippen LogP contribution in [0.15, 0.2) is 29.3 Å². The largest absolute Gasteiger partial charge is 0.356 e. The second-order valence-electron chi connectivity index (χ2n) is 7.82. The Morgan fingerprint density at radius 2 is 1.93 bits per heavy atom. The molecule has 2 rings (SSSR count). The molecule has 28 heavy (non-hydrogen) atoms. The van der Waals surface area contributed by atoms with Gasteiger partial charge >= 0.3 is 0 Å².